The third-order valence-corrected chi connectivity index (χ3v) is 3.52. The molecule has 17 heavy (non-hydrogen) atoms. The van der Waals surface area contributed by atoms with Gasteiger partial charge in [-0.25, -0.2) is 0 Å². The molecule has 1 aromatic carbocycles. The number of benzene rings is 1. The lowest BCUT2D eigenvalue weighted by Gasteiger charge is -2.20. The molecule has 1 atom stereocenters. The molecular weight excluding hydrogens is 263 g/mol. The lowest BCUT2D eigenvalue weighted by Crippen LogP contribution is -2.34. The molecular formula is C12H10Cl2O3. The second-order valence-electron chi connectivity index (χ2n) is 3.81. The van der Waals surface area contributed by atoms with Crippen molar-refractivity contribution in [3.8, 4) is 0 Å². The maximum absolute atomic E-state index is 12.1. The van der Waals surface area contributed by atoms with Crippen LogP contribution >= 0.6 is 23.2 Å². The number of halogens is 2. The van der Waals surface area contributed by atoms with Gasteiger partial charge in [0, 0.05) is 12.0 Å². The zero-order valence-electron chi connectivity index (χ0n) is 8.91. The highest BCUT2D eigenvalue weighted by atomic mass is 35.5. The molecule has 90 valence electrons. The molecule has 1 aromatic rings. The number of hydrogen-bond donors (Lipinski definition) is 0. The quantitative estimate of drug-likeness (QED) is 0.614. The first-order chi connectivity index (χ1) is 8.11. The Hall–Kier alpha value is -0.900. The van der Waals surface area contributed by atoms with Gasteiger partial charge in [0.25, 0.3) is 0 Å². The summed E-state index contributed by atoms with van der Waals surface area (Å²) in [5.41, 5.74) is 0.281. The molecule has 1 aliphatic rings. The summed E-state index contributed by atoms with van der Waals surface area (Å²) in [5.74, 6) is -1.17. The van der Waals surface area contributed by atoms with Crippen LogP contribution in [0.4, 0.5) is 0 Å². The standard InChI is InChI=1S/C12H10Cl2O3/c13-9-3-1-2-7(11(9)14)12(16)8-6-17-5-4-10(8)15/h1-3,8H,4-6H2. The Labute approximate surface area is 109 Å². The zero-order valence-corrected chi connectivity index (χ0v) is 10.4. The molecule has 0 N–H and O–H groups in total. The molecule has 0 radical (unpaired) electrons. The zero-order chi connectivity index (χ0) is 12.4. The minimum Gasteiger partial charge on any atom is -0.380 e. The van der Waals surface area contributed by atoms with Crippen LogP contribution in [-0.4, -0.2) is 24.8 Å². The first-order valence-electron chi connectivity index (χ1n) is 5.20. The fourth-order valence-corrected chi connectivity index (χ4v) is 2.14. The third kappa shape index (κ3) is 2.51. The van der Waals surface area contributed by atoms with Crippen molar-refractivity contribution in [2.75, 3.05) is 13.2 Å². The third-order valence-electron chi connectivity index (χ3n) is 2.70. The van der Waals surface area contributed by atoms with Crippen molar-refractivity contribution in [3.63, 3.8) is 0 Å². The molecule has 1 fully saturated rings. The van der Waals surface area contributed by atoms with Crippen molar-refractivity contribution in [2.24, 2.45) is 5.92 Å². The lowest BCUT2D eigenvalue weighted by molar-refractivity contribution is -0.128. The molecule has 5 heteroatoms. The van der Waals surface area contributed by atoms with Crippen LogP contribution in [0.25, 0.3) is 0 Å². The smallest absolute Gasteiger partial charge is 0.177 e. The summed E-state index contributed by atoms with van der Waals surface area (Å²) >= 11 is 11.8. The number of ketones is 2. The van der Waals surface area contributed by atoms with Crippen molar-refractivity contribution in [1.29, 1.82) is 0 Å². The van der Waals surface area contributed by atoms with Gasteiger partial charge in [-0.05, 0) is 12.1 Å². The Morgan fingerprint density at radius 3 is 2.82 bits per heavy atom. The van der Waals surface area contributed by atoms with E-state index in [2.05, 4.69) is 0 Å². The van der Waals surface area contributed by atoms with Crippen molar-refractivity contribution in [3.05, 3.63) is 33.8 Å². The van der Waals surface area contributed by atoms with Gasteiger partial charge >= 0.3 is 0 Å². The number of ether oxygens (including phenoxy) is 1. The highest BCUT2D eigenvalue weighted by Crippen LogP contribution is 2.28. The first-order valence-corrected chi connectivity index (χ1v) is 5.95. The van der Waals surface area contributed by atoms with E-state index in [1.165, 1.54) is 0 Å². The molecule has 1 unspecified atom stereocenters. The van der Waals surface area contributed by atoms with E-state index in [0.29, 0.717) is 11.6 Å². The highest BCUT2D eigenvalue weighted by Gasteiger charge is 2.31. The Morgan fingerprint density at radius 2 is 2.12 bits per heavy atom. The maximum atomic E-state index is 12.1. The van der Waals surface area contributed by atoms with Crippen molar-refractivity contribution in [1.82, 2.24) is 0 Å². The number of rotatable bonds is 2. The number of hydrogen-bond acceptors (Lipinski definition) is 3. The molecule has 1 heterocycles. The van der Waals surface area contributed by atoms with Crippen LogP contribution < -0.4 is 0 Å². The largest absolute Gasteiger partial charge is 0.380 e. The average Bonchev–Trinajstić information content (AvgIpc) is 2.32. The van der Waals surface area contributed by atoms with E-state index >= 15 is 0 Å². The van der Waals surface area contributed by atoms with Gasteiger partial charge in [-0.15, -0.1) is 0 Å². The maximum Gasteiger partial charge on any atom is 0.177 e. The van der Waals surface area contributed by atoms with Gasteiger partial charge in [-0.2, -0.15) is 0 Å². The van der Waals surface area contributed by atoms with E-state index in [4.69, 9.17) is 27.9 Å². The molecule has 0 aromatic heterocycles. The highest BCUT2D eigenvalue weighted by molar-refractivity contribution is 6.44. The Morgan fingerprint density at radius 1 is 1.35 bits per heavy atom. The summed E-state index contributed by atoms with van der Waals surface area (Å²) in [5, 5.41) is 0.499. The molecule has 3 nitrogen and oxygen atoms in total. The predicted octanol–water partition coefficient (Wildman–Crippen LogP) is 2.78. The summed E-state index contributed by atoms with van der Waals surface area (Å²) < 4.78 is 5.15. The molecule has 0 bridgehead atoms. The fourth-order valence-electron chi connectivity index (χ4n) is 1.74. The van der Waals surface area contributed by atoms with Crippen LogP contribution in [0.1, 0.15) is 16.8 Å². The molecule has 1 saturated heterocycles. The van der Waals surface area contributed by atoms with Gasteiger partial charge in [0.1, 0.15) is 11.7 Å². The monoisotopic (exact) mass is 272 g/mol. The van der Waals surface area contributed by atoms with Crippen LogP contribution in [0.2, 0.25) is 10.0 Å². The van der Waals surface area contributed by atoms with E-state index in [1.54, 1.807) is 18.2 Å². The van der Waals surface area contributed by atoms with Crippen molar-refractivity contribution < 1.29 is 14.3 Å². The van der Waals surface area contributed by atoms with Crippen LogP contribution in [0.15, 0.2) is 18.2 Å². The summed E-state index contributed by atoms with van der Waals surface area (Å²) in [4.78, 5) is 23.8. The van der Waals surface area contributed by atoms with Gasteiger partial charge in [0.2, 0.25) is 0 Å². The van der Waals surface area contributed by atoms with Gasteiger partial charge in [0.15, 0.2) is 5.78 Å². The predicted molar refractivity (Wildman–Crippen MR) is 64.7 cm³/mol. The first kappa shape index (κ1) is 12.6. The molecule has 2 rings (SSSR count). The minimum atomic E-state index is -0.750. The number of carbonyl (C=O) groups excluding carboxylic acids is 2. The van der Waals surface area contributed by atoms with E-state index in [-0.39, 0.29) is 35.2 Å². The van der Waals surface area contributed by atoms with Crippen LogP contribution in [0, 0.1) is 5.92 Å². The fraction of sp³-hybridized carbons (Fsp3) is 0.333. The summed E-state index contributed by atoms with van der Waals surface area (Å²) in [6.07, 6.45) is 0.272. The Balaban J connectivity index is 2.30. The summed E-state index contributed by atoms with van der Waals surface area (Å²) in [6.45, 7) is 0.506. The summed E-state index contributed by atoms with van der Waals surface area (Å²) in [6, 6.07) is 4.80. The van der Waals surface area contributed by atoms with Gasteiger partial charge in [0.05, 0.1) is 23.3 Å². The molecule has 1 aliphatic heterocycles. The normalized spacial score (nSPS) is 20.4. The minimum absolute atomic E-state index is 0.0997. The molecule has 0 aliphatic carbocycles. The number of Topliss-reactive ketones (excluding diaryl/α,β-unsaturated/α-hetero) is 2. The van der Waals surface area contributed by atoms with Crippen LogP contribution in [0.5, 0.6) is 0 Å². The number of carbonyl (C=O) groups is 2. The SMILES string of the molecule is O=C1CCOCC1C(=O)c1cccc(Cl)c1Cl. The second-order valence-corrected chi connectivity index (χ2v) is 4.59. The van der Waals surface area contributed by atoms with Crippen molar-refractivity contribution >= 4 is 34.8 Å². The van der Waals surface area contributed by atoms with Gasteiger partial charge in [-0.1, -0.05) is 29.3 Å². The van der Waals surface area contributed by atoms with Gasteiger partial charge < -0.3 is 4.74 Å². The van der Waals surface area contributed by atoms with E-state index in [9.17, 15) is 9.59 Å². The van der Waals surface area contributed by atoms with E-state index in [1.807, 2.05) is 0 Å². The van der Waals surface area contributed by atoms with Gasteiger partial charge in [-0.3, -0.25) is 9.59 Å². The van der Waals surface area contributed by atoms with Crippen LogP contribution in [0.3, 0.4) is 0 Å². The van der Waals surface area contributed by atoms with Crippen LogP contribution in [-0.2, 0) is 9.53 Å². The van der Waals surface area contributed by atoms with E-state index < -0.39 is 5.92 Å². The lowest BCUT2D eigenvalue weighted by atomic mass is 9.91. The van der Waals surface area contributed by atoms with E-state index in [0.717, 1.165) is 0 Å². The summed E-state index contributed by atoms with van der Waals surface area (Å²) in [7, 11) is 0. The topological polar surface area (TPSA) is 43.4 Å². The molecule has 0 spiro atoms. The molecule has 0 amide bonds. The molecule has 0 saturated carbocycles. The Kier molecular flexibility index (Phi) is 3.82. The second kappa shape index (κ2) is 5.17. The van der Waals surface area contributed by atoms with Crippen molar-refractivity contribution in [2.45, 2.75) is 6.42 Å². The average molecular weight is 273 g/mol. The Bertz CT molecular complexity index is 471.